The first-order valence-corrected chi connectivity index (χ1v) is 16.0. The van der Waals surface area contributed by atoms with Gasteiger partial charge < -0.3 is 40.3 Å². The lowest BCUT2D eigenvalue weighted by molar-refractivity contribution is -0.220. The molecule has 0 spiro atoms. The molecule has 42 heavy (non-hydrogen) atoms. The molecular formula is C29H49O12P. The SMILES string of the molecule is CCCCC/C=C/C/C=C/C/C=C/C/C=C/CCCC(=O)OCC(O)COP(=O)(O)OC1C(O)C(O)C(O)C(O)C1O. The number of aliphatic hydroxyl groups excluding tert-OH is 6. The third-order valence-corrected chi connectivity index (χ3v) is 7.39. The average Bonchev–Trinajstić information content (AvgIpc) is 2.96. The number of hydrogen-bond donors (Lipinski definition) is 7. The van der Waals surface area contributed by atoms with Gasteiger partial charge in [0, 0.05) is 6.42 Å². The highest BCUT2D eigenvalue weighted by Gasteiger charge is 2.51. The van der Waals surface area contributed by atoms with E-state index < -0.39 is 69.7 Å². The van der Waals surface area contributed by atoms with Crippen LogP contribution in [0.3, 0.4) is 0 Å². The summed E-state index contributed by atoms with van der Waals surface area (Å²) in [4.78, 5) is 21.7. The van der Waals surface area contributed by atoms with Crippen molar-refractivity contribution < 1.29 is 58.7 Å². The van der Waals surface area contributed by atoms with Crippen LogP contribution in [0.2, 0.25) is 0 Å². The molecule has 0 aromatic carbocycles. The second-order valence-corrected chi connectivity index (χ2v) is 11.5. The third-order valence-electron chi connectivity index (χ3n) is 6.40. The van der Waals surface area contributed by atoms with Crippen LogP contribution in [-0.4, -0.2) is 97.4 Å². The van der Waals surface area contributed by atoms with Crippen LogP contribution >= 0.6 is 7.82 Å². The van der Waals surface area contributed by atoms with Crippen molar-refractivity contribution in [3.63, 3.8) is 0 Å². The van der Waals surface area contributed by atoms with E-state index in [2.05, 4.69) is 52.4 Å². The monoisotopic (exact) mass is 620 g/mol. The Bertz CT molecular complexity index is 889. The number of carbonyl (C=O) groups excluding carboxylic acids is 1. The number of carbonyl (C=O) groups is 1. The van der Waals surface area contributed by atoms with Crippen LogP contribution in [0.4, 0.5) is 0 Å². The Kier molecular flexibility index (Phi) is 20.0. The van der Waals surface area contributed by atoms with Crippen LogP contribution in [-0.2, 0) is 23.1 Å². The second kappa shape index (κ2) is 21.9. The van der Waals surface area contributed by atoms with Gasteiger partial charge in [0.05, 0.1) is 6.61 Å². The van der Waals surface area contributed by atoms with Gasteiger partial charge >= 0.3 is 13.8 Å². The average molecular weight is 621 g/mol. The zero-order valence-corrected chi connectivity index (χ0v) is 25.2. The highest BCUT2D eigenvalue weighted by molar-refractivity contribution is 7.47. The number of hydrogen-bond acceptors (Lipinski definition) is 11. The van der Waals surface area contributed by atoms with Crippen LogP contribution in [0, 0.1) is 0 Å². The van der Waals surface area contributed by atoms with Crippen molar-refractivity contribution in [3.8, 4) is 0 Å². The molecule has 0 saturated heterocycles. The number of rotatable bonds is 21. The summed E-state index contributed by atoms with van der Waals surface area (Å²) < 4.78 is 26.3. The summed E-state index contributed by atoms with van der Waals surface area (Å²) in [5, 5.41) is 58.5. The minimum Gasteiger partial charge on any atom is -0.463 e. The summed E-state index contributed by atoms with van der Waals surface area (Å²) in [6.45, 7) is 0.894. The van der Waals surface area contributed by atoms with Gasteiger partial charge in [-0.1, -0.05) is 68.4 Å². The van der Waals surface area contributed by atoms with Crippen molar-refractivity contribution in [3.05, 3.63) is 48.6 Å². The fraction of sp³-hybridized carbons (Fsp3) is 0.690. The molecule has 1 aliphatic rings. The van der Waals surface area contributed by atoms with Crippen LogP contribution in [0.25, 0.3) is 0 Å². The van der Waals surface area contributed by atoms with Crippen molar-refractivity contribution in [2.45, 2.75) is 114 Å². The maximum atomic E-state index is 12.1. The molecule has 0 amide bonds. The first-order valence-electron chi connectivity index (χ1n) is 14.5. The van der Waals surface area contributed by atoms with Gasteiger partial charge in [-0.2, -0.15) is 0 Å². The topological polar surface area (TPSA) is 203 Å². The number of unbranched alkanes of at least 4 members (excludes halogenated alkanes) is 4. The minimum absolute atomic E-state index is 0.112. The Morgan fingerprint density at radius 3 is 1.74 bits per heavy atom. The predicted octanol–water partition coefficient (Wildman–Crippen LogP) is 2.36. The number of aliphatic hydroxyl groups is 6. The van der Waals surface area contributed by atoms with E-state index in [-0.39, 0.29) is 6.42 Å². The molecule has 1 saturated carbocycles. The van der Waals surface area contributed by atoms with Crippen molar-refractivity contribution in [2.24, 2.45) is 0 Å². The van der Waals surface area contributed by atoms with Gasteiger partial charge in [-0.3, -0.25) is 13.8 Å². The Hall–Kier alpha value is -1.70. The van der Waals surface area contributed by atoms with E-state index in [9.17, 15) is 44.9 Å². The highest BCUT2D eigenvalue weighted by atomic mass is 31.2. The maximum absolute atomic E-state index is 12.1. The van der Waals surface area contributed by atoms with Gasteiger partial charge in [0.1, 0.15) is 49.3 Å². The summed E-state index contributed by atoms with van der Waals surface area (Å²) in [5.74, 6) is -0.566. The summed E-state index contributed by atoms with van der Waals surface area (Å²) >= 11 is 0. The van der Waals surface area contributed by atoms with Gasteiger partial charge in [0.15, 0.2) is 0 Å². The molecule has 0 radical (unpaired) electrons. The molecule has 0 aromatic heterocycles. The molecule has 242 valence electrons. The van der Waals surface area contributed by atoms with E-state index in [0.29, 0.717) is 12.8 Å². The quantitative estimate of drug-likeness (QED) is 0.0428. The van der Waals surface area contributed by atoms with E-state index >= 15 is 0 Å². The molecule has 12 nitrogen and oxygen atoms in total. The molecule has 1 fully saturated rings. The molecule has 1 rings (SSSR count). The first kappa shape index (κ1) is 38.3. The number of esters is 1. The minimum atomic E-state index is -5.00. The van der Waals surface area contributed by atoms with Crippen LogP contribution in [0.15, 0.2) is 48.6 Å². The van der Waals surface area contributed by atoms with Crippen molar-refractivity contribution >= 4 is 13.8 Å². The molecule has 6 unspecified atom stereocenters. The maximum Gasteiger partial charge on any atom is 0.472 e. The fourth-order valence-corrected chi connectivity index (χ4v) is 4.90. The lowest BCUT2D eigenvalue weighted by Gasteiger charge is -2.41. The molecule has 0 aromatic rings. The normalized spacial score (nSPS) is 27.3. The zero-order chi connectivity index (χ0) is 31.4. The fourth-order valence-electron chi connectivity index (χ4n) is 3.92. The standard InChI is InChI=1S/C29H49O12P/c1-2-3-4-5-6-7-8-9-10-11-12-13-14-15-16-17-18-19-23(31)39-20-22(30)21-40-42(37,38)41-29-27(35)25(33)24(32)26(34)28(29)36/h6-7,9-10,12-13,15-16,22,24-30,32-36H,2-5,8,11,14,17-21H2,1H3,(H,37,38)/b7-6+,10-9+,13-12+,16-15+. The van der Waals surface area contributed by atoms with E-state index in [1.165, 1.54) is 19.3 Å². The van der Waals surface area contributed by atoms with E-state index in [1.807, 2.05) is 12.2 Å². The number of ether oxygens (including phenoxy) is 1. The summed E-state index contributed by atoms with van der Waals surface area (Å²) in [6.07, 6.45) is 12.5. The molecule has 0 heterocycles. The lowest BCUT2D eigenvalue weighted by atomic mass is 9.85. The zero-order valence-electron chi connectivity index (χ0n) is 24.3. The van der Waals surface area contributed by atoms with Crippen LogP contribution < -0.4 is 0 Å². The van der Waals surface area contributed by atoms with Gasteiger partial charge in [-0.25, -0.2) is 4.57 Å². The Balaban J connectivity index is 2.15. The predicted molar refractivity (Wildman–Crippen MR) is 156 cm³/mol. The van der Waals surface area contributed by atoms with E-state index in [0.717, 1.165) is 25.7 Å². The Labute approximate surface area is 248 Å². The third kappa shape index (κ3) is 16.2. The number of phosphoric acid groups is 1. The van der Waals surface area contributed by atoms with Gasteiger partial charge in [-0.05, 0) is 44.9 Å². The molecule has 0 bridgehead atoms. The van der Waals surface area contributed by atoms with Crippen molar-refractivity contribution in [1.82, 2.24) is 0 Å². The summed E-state index contributed by atoms with van der Waals surface area (Å²) in [7, 11) is -5.00. The smallest absolute Gasteiger partial charge is 0.463 e. The Morgan fingerprint density at radius 2 is 1.21 bits per heavy atom. The summed E-state index contributed by atoms with van der Waals surface area (Å²) in [5.41, 5.74) is 0. The number of phosphoric ester groups is 1. The van der Waals surface area contributed by atoms with Crippen LogP contribution in [0.1, 0.15) is 71.1 Å². The van der Waals surface area contributed by atoms with Gasteiger partial charge in [0.2, 0.25) is 0 Å². The molecule has 1 aliphatic carbocycles. The van der Waals surface area contributed by atoms with Crippen molar-refractivity contribution in [2.75, 3.05) is 13.2 Å². The lowest BCUT2D eigenvalue weighted by Crippen LogP contribution is -2.64. The Morgan fingerprint density at radius 1 is 0.738 bits per heavy atom. The molecular weight excluding hydrogens is 571 g/mol. The molecule has 0 aliphatic heterocycles. The largest absolute Gasteiger partial charge is 0.472 e. The highest BCUT2D eigenvalue weighted by Crippen LogP contribution is 2.47. The van der Waals surface area contributed by atoms with Gasteiger partial charge in [-0.15, -0.1) is 0 Å². The van der Waals surface area contributed by atoms with E-state index in [4.69, 9.17) is 4.74 Å². The van der Waals surface area contributed by atoms with Crippen molar-refractivity contribution in [1.29, 1.82) is 0 Å². The molecule has 6 atom stereocenters. The molecule has 7 N–H and O–H groups in total. The van der Waals surface area contributed by atoms with Gasteiger partial charge in [0.25, 0.3) is 0 Å². The number of allylic oxidation sites excluding steroid dienone is 8. The van der Waals surface area contributed by atoms with E-state index in [1.54, 1.807) is 0 Å². The summed E-state index contributed by atoms with van der Waals surface area (Å²) in [6, 6.07) is 0. The molecule has 13 heteroatoms. The second-order valence-electron chi connectivity index (χ2n) is 10.1. The van der Waals surface area contributed by atoms with Crippen LogP contribution in [0.5, 0.6) is 0 Å². The first-order chi connectivity index (χ1) is 20.0.